The van der Waals surface area contributed by atoms with Gasteiger partial charge in [0.2, 0.25) is 21.9 Å². The number of nitrogens with one attached hydrogen (secondary N) is 1. The van der Waals surface area contributed by atoms with Gasteiger partial charge >= 0.3 is 6.18 Å². The zero-order valence-corrected chi connectivity index (χ0v) is 18.2. The molecule has 1 aromatic heterocycles. The van der Waals surface area contributed by atoms with Crippen molar-refractivity contribution >= 4 is 26.9 Å². The number of fused-ring (bicyclic) bond motifs is 2. The monoisotopic (exact) mass is 483 g/mol. The van der Waals surface area contributed by atoms with Gasteiger partial charge in [-0.15, -0.1) is 0 Å². The van der Waals surface area contributed by atoms with Crippen LogP contribution in [0.5, 0.6) is 17.4 Å². The molecule has 0 amide bonds. The molecule has 1 N–H and O–H groups in total. The number of alkyl halides is 3. The third-order valence-electron chi connectivity index (χ3n) is 4.66. The van der Waals surface area contributed by atoms with Gasteiger partial charge in [0.05, 0.1) is 16.8 Å². The lowest BCUT2D eigenvalue weighted by molar-refractivity contribution is -0.198. The molecule has 0 spiro atoms. The molecule has 33 heavy (non-hydrogen) atoms. The molecule has 1 unspecified atom stereocenters. The summed E-state index contributed by atoms with van der Waals surface area (Å²) in [5.74, 6) is -0.778. The topological polar surface area (TPSA) is 99.6 Å². The highest BCUT2D eigenvalue weighted by Crippen LogP contribution is 2.41. The third-order valence-corrected chi connectivity index (χ3v) is 6.11. The molecular weight excluding hydrogens is 463 g/mol. The summed E-state index contributed by atoms with van der Waals surface area (Å²) in [5, 5.41) is 0. The number of rotatable bonds is 7. The number of hydrogen-bond donors (Lipinski definition) is 1. The summed E-state index contributed by atoms with van der Waals surface area (Å²) in [6.45, 7) is 2.15. The molecule has 1 atom stereocenters. The van der Waals surface area contributed by atoms with Crippen molar-refractivity contribution in [1.29, 1.82) is 0 Å². The number of hydrogen-bond acceptors (Lipinski definition) is 7. The number of para-hydroxylation sites is 2. The average molecular weight is 483 g/mol. The predicted octanol–water partition coefficient (Wildman–Crippen LogP) is 4.24. The molecule has 0 saturated carbocycles. The molecule has 0 fully saturated rings. The molecule has 8 nitrogen and oxygen atoms in total. The van der Waals surface area contributed by atoms with Crippen LogP contribution >= 0.6 is 0 Å². The first-order valence-corrected chi connectivity index (χ1v) is 11.7. The number of nitrogens with zero attached hydrogens (tertiary/aromatic N) is 2. The molecule has 1 aliphatic heterocycles. The fourth-order valence-corrected chi connectivity index (χ4v) is 4.33. The van der Waals surface area contributed by atoms with E-state index in [-0.39, 0.29) is 29.2 Å². The minimum Gasteiger partial charge on any atom is -0.486 e. The second kappa shape index (κ2) is 8.93. The number of anilines is 1. The van der Waals surface area contributed by atoms with E-state index < -0.39 is 34.0 Å². The summed E-state index contributed by atoms with van der Waals surface area (Å²) in [5.41, 5.74) is 0.278. The van der Waals surface area contributed by atoms with Gasteiger partial charge in [-0.25, -0.2) is 18.4 Å². The summed E-state index contributed by atoms with van der Waals surface area (Å²) in [6, 6.07) is 10.1. The van der Waals surface area contributed by atoms with Crippen LogP contribution in [0, 0.1) is 0 Å². The lowest BCUT2D eigenvalue weighted by Gasteiger charge is -2.25. The zero-order valence-electron chi connectivity index (χ0n) is 17.4. The Kier molecular flexibility index (Phi) is 6.19. The fraction of sp³-hybridized carbons (Fsp3) is 0.333. The van der Waals surface area contributed by atoms with Crippen molar-refractivity contribution in [3.63, 3.8) is 0 Å². The Balaban J connectivity index is 1.77. The molecule has 0 radical (unpaired) electrons. The van der Waals surface area contributed by atoms with E-state index >= 15 is 0 Å². The van der Waals surface area contributed by atoms with Crippen molar-refractivity contribution in [3.05, 3.63) is 48.0 Å². The Morgan fingerprint density at radius 1 is 1.06 bits per heavy atom. The molecule has 1 aliphatic rings. The summed E-state index contributed by atoms with van der Waals surface area (Å²) >= 11 is 0. The Bertz CT molecular complexity index is 1270. The lowest BCUT2D eigenvalue weighted by atomic mass is 10.1. The van der Waals surface area contributed by atoms with Crippen LogP contribution in [-0.2, 0) is 10.0 Å². The molecule has 2 heterocycles. The van der Waals surface area contributed by atoms with Crippen LogP contribution in [0.4, 0.5) is 19.0 Å². The fourth-order valence-electron chi connectivity index (χ4n) is 3.26. The minimum atomic E-state index is -4.85. The van der Waals surface area contributed by atoms with Crippen LogP contribution in [0.3, 0.4) is 0 Å². The maximum Gasteiger partial charge on any atom is 0.429 e. The van der Waals surface area contributed by atoms with E-state index in [4.69, 9.17) is 14.2 Å². The highest BCUT2D eigenvalue weighted by Gasteiger charge is 2.44. The molecule has 0 aliphatic carbocycles. The Labute approximate surface area is 187 Å². The SMILES string of the molecule is CCCS(=O)(=O)Nc1nc2ccccc2nc1OC(c1ccc2c(c1)OCCO2)C(F)(F)F. The predicted molar refractivity (Wildman–Crippen MR) is 114 cm³/mol. The molecule has 3 aromatic rings. The maximum atomic E-state index is 14.0. The summed E-state index contributed by atoms with van der Waals surface area (Å²) in [7, 11) is -3.87. The number of aromatic nitrogens is 2. The minimum absolute atomic E-state index is 0.157. The van der Waals surface area contributed by atoms with Crippen molar-refractivity contribution in [1.82, 2.24) is 9.97 Å². The van der Waals surface area contributed by atoms with Crippen molar-refractivity contribution in [3.8, 4) is 17.4 Å². The maximum absolute atomic E-state index is 14.0. The number of sulfonamides is 1. The van der Waals surface area contributed by atoms with Crippen LogP contribution in [0.1, 0.15) is 25.0 Å². The molecule has 0 bridgehead atoms. The first kappa shape index (κ1) is 22.9. The van der Waals surface area contributed by atoms with E-state index in [1.165, 1.54) is 24.3 Å². The Morgan fingerprint density at radius 2 is 1.73 bits per heavy atom. The van der Waals surface area contributed by atoms with Gasteiger partial charge < -0.3 is 14.2 Å². The van der Waals surface area contributed by atoms with Gasteiger partial charge in [-0.1, -0.05) is 25.1 Å². The molecular formula is C21H20F3N3O5S. The highest BCUT2D eigenvalue weighted by molar-refractivity contribution is 7.92. The standard InChI is InChI=1S/C21H20F3N3O5S/c1-2-11-33(28,29)27-19-20(26-15-6-4-3-5-14(15)25-19)32-18(21(22,23)24)13-7-8-16-17(12-13)31-10-9-30-16/h3-8,12,18H,2,9-11H2,1H3,(H,25,27). The van der Waals surface area contributed by atoms with Crippen LogP contribution in [-0.4, -0.2) is 43.5 Å². The largest absolute Gasteiger partial charge is 0.486 e. The van der Waals surface area contributed by atoms with Crippen LogP contribution in [0.2, 0.25) is 0 Å². The van der Waals surface area contributed by atoms with Gasteiger partial charge in [0, 0.05) is 5.56 Å². The second-order valence-corrected chi connectivity index (χ2v) is 9.07. The van der Waals surface area contributed by atoms with Crippen molar-refractivity contribution < 1.29 is 35.8 Å². The molecule has 176 valence electrons. The van der Waals surface area contributed by atoms with Gasteiger partial charge in [0.1, 0.15) is 13.2 Å². The average Bonchev–Trinajstić information content (AvgIpc) is 2.76. The van der Waals surface area contributed by atoms with Crippen LogP contribution < -0.4 is 18.9 Å². The van der Waals surface area contributed by atoms with Gasteiger partial charge in [-0.05, 0) is 30.7 Å². The van der Waals surface area contributed by atoms with Gasteiger partial charge in [-0.2, -0.15) is 13.2 Å². The molecule has 4 rings (SSSR count). The van der Waals surface area contributed by atoms with Crippen molar-refractivity contribution in [2.24, 2.45) is 0 Å². The smallest absolute Gasteiger partial charge is 0.429 e. The highest BCUT2D eigenvalue weighted by atomic mass is 32.2. The Morgan fingerprint density at radius 3 is 2.39 bits per heavy atom. The number of benzene rings is 2. The number of ether oxygens (including phenoxy) is 3. The molecule has 0 saturated heterocycles. The quantitative estimate of drug-likeness (QED) is 0.537. The third kappa shape index (κ3) is 5.21. The Hall–Kier alpha value is -3.28. The van der Waals surface area contributed by atoms with Crippen LogP contribution in [0.15, 0.2) is 42.5 Å². The van der Waals surface area contributed by atoms with Crippen molar-refractivity contribution in [2.45, 2.75) is 25.6 Å². The van der Waals surface area contributed by atoms with E-state index in [1.54, 1.807) is 25.1 Å². The molecule has 2 aromatic carbocycles. The summed E-state index contributed by atoms with van der Waals surface area (Å²) < 4.78 is 85.0. The first-order chi connectivity index (χ1) is 15.7. The zero-order chi connectivity index (χ0) is 23.6. The van der Waals surface area contributed by atoms with Gasteiger partial charge in [-0.3, -0.25) is 4.72 Å². The van der Waals surface area contributed by atoms with Gasteiger partial charge in [0.15, 0.2) is 11.5 Å². The normalized spacial score (nSPS) is 14.7. The van der Waals surface area contributed by atoms with Crippen molar-refractivity contribution in [2.75, 3.05) is 23.7 Å². The van der Waals surface area contributed by atoms with Crippen LogP contribution in [0.25, 0.3) is 11.0 Å². The van der Waals surface area contributed by atoms with E-state index in [2.05, 4.69) is 14.7 Å². The lowest BCUT2D eigenvalue weighted by Crippen LogP contribution is -2.28. The van der Waals surface area contributed by atoms with E-state index in [9.17, 15) is 21.6 Å². The van der Waals surface area contributed by atoms with E-state index in [0.717, 1.165) is 0 Å². The summed E-state index contributed by atoms with van der Waals surface area (Å²) in [6.07, 6.45) is -7.01. The van der Waals surface area contributed by atoms with E-state index in [1.807, 2.05) is 0 Å². The second-order valence-electron chi connectivity index (χ2n) is 7.23. The first-order valence-electron chi connectivity index (χ1n) is 10.1. The van der Waals surface area contributed by atoms with E-state index in [0.29, 0.717) is 24.3 Å². The summed E-state index contributed by atoms with van der Waals surface area (Å²) in [4.78, 5) is 8.27. The van der Waals surface area contributed by atoms with Gasteiger partial charge in [0.25, 0.3) is 5.88 Å². The molecule has 12 heteroatoms. The number of halogens is 3.